The van der Waals surface area contributed by atoms with Crippen LogP contribution in [0.4, 0.5) is 0 Å². The van der Waals surface area contributed by atoms with Gasteiger partial charge in [-0.3, -0.25) is 0 Å². The highest BCUT2D eigenvalue weighted by atomic mass is 16.6. The smallest absolute Gasteiger partial charge is 0.114 e. The van der Waals surface area contributed by atoms with E-state index in [0.29, 0.717) is 0 Å². The van der Waals surface area contributed by atoms with E-state index in [-0.39, 0.29) is 11.0 Å². The maximum Gasteiger partial charge on any atom is 0.114 e. The van der Waals surface area contributed by atoms with Crippen LogP contribution in [0.1, 0.15) is 58.6 Å². The summed E-state index contributed by atoms with van der Waals surface area (Å²) in [6.45, 7) is 18.3. The van der Waals surface area contributed by atoms with Crippen molar-refractivity contribution in [2.24, 2.45) is 5.41 Å². The summed E-state index contributed by atoms with van der Waals surface area (Å²) in [6, 6.07) is 8.33. The third-order valence-corrected chi connectivity index (χ3v) is 3.94. The minimum Gasteiger partial charge on any atom is -0.390 e. The van der Waals surface area contributed by atoms with Crippen LogP contribution in [0.5, 0.6) is 0 Å². The number of ether oxygens (including phenoxy) is 1. The Kier molecular flexibility index (Phi) is 6.38. The second kappa shape index (κ2) is 7.46. The molecule has 1 aliphatic rings. The summed E-state index contributed by atoms with van der Waals surface area (Å²) in [5.74, 6) is 0. The molecule has 1 fully saturated rings. The van der Waals surface area contributed by atoms with Crippen molar-refractivity contribution < 1.29 is 9.84 Å². The van der Waals surface area contributed by atoms with Gasteiger partial charge in [-0.15, -0.1) is 6.58 Å². The van der Waals surface area contributed by atoms with Gasteiger partial charge < -0.3 is 9.84 Å². The minimum atomic E-state index is -0.563. The van der Waals surface area contributed by atoms with Gasteiger partial charge in [-0.05, 0) is 50.2 Å². The lowest BCUT2D eigenvalue weighted by atomic mass is 9.79. The molecule has 0 amide bonds. The topological polar surface area (TPSA) is 32.8 Å². The Bertz CT molecular complexity index is 514. The summed E-state index contributed by atoms with van der Waals surface area (Å²) in [4.78, 5) is 0. The number of allylic oxidation sites excluding steroid dienone is 1. The van der Waals surface area contributed by atoms with Gasteiger partial charge in [0.15, 0.2) is 0 Å². The molecule has 0 bridgehead atoms. The van der Waals surface area contributed by atoms with Crippen LogP contribution in [-0.4, -0.2) is 17.3 Å². The Morgan fingerprint density at radius 2 is 1.70 bits per heavy atom. The summed E-state index contributed by atoms with van der Waals surface area (Å²) >= 11 is 0. The molecule has 1 heterocycles. The Morgan fingerprint density at radius 1 is 1.17 bits per heavy atom. The normalized spacial score (nSPS) is 20.3. The molecule has 23 heavy (non-hydrogen) atoms. The Hall–Kier alpha value is -1.38. The quantitative estimate of drug-likeness (QED) is 0.568. The summed E-state index contributed by atoms with van der Waals surface area (Å²) in [6.07, 6.45) is 5.52. The van der Waals surface area contributed by atoms with Crippen LogP contribution in [0.15, 0.2) is 43.5 Å². The molecule has 0 saturated carbocycles. The summed E-state index contributed by atoms with van der Waals surface area (Å²) in [7, 11) is 0. The number of aliphatic hydroxyl groups is 1. The lowest BCUT2D eigenvalue weighted by molar-refractivity contribution is 0.0327. The fourth-order valence-corrected chi connectivity index (χ4v) is 2.88. The van der Waals surface area contributed by atoms with Crippen LogP contribution in [0.25, 0.3) is 6.08 Å². The van der Waals surface area contributed by atoms with Gasteiger partial charge in [-0.2, -0.15) is 0 Å². The number of hydrogen-bond acceptors (Lipinski definition) is 2. The zero-order chi connectivity index (χ0) is 17.7. The molecule has 128 valence electrons. The monoisotopic (exact) mass is 316 g/mol. The predicted molar refractivity (Wildman–Crippen MR) is 99.3 cm³/mol. The van der Waals surface area contributed by atoms with Crippen molar-refractivity contribution in [2.45, 2.75) is 58.7 Å². The lowest BCUT2D eigenvalue weighted by Crippen LogP contribution is -2.27. The molecule has 2 nitrogen and oxygen atoms in total. The minimum absolute atomic E-state index is 0.000298. The van der Waals surface area contributed by atoms with Gasteiger partial charge in [0.2, 0.25) is 0 Å². The van der Waals surface area contributed by atoms with E-state index < -0.39 is 5.60 Å². The number of benzene rings is 1. The zero-order valence-electron chi connectivity index (χ0n) is 15.4. The summed E-state index contributed by atoms with van der Waals surface area (Å²) in [5, 5.41) is 9.55. The van der Waals surface area contributed by atoms with Crippen molar-refractivity contribution in [3.63, 3.8) is 0 Å². The molecule has 1 unspecified atom stereocenters. The zero-order valence-corrected chi connectivity index (χ0v) is 15.4. The standard InChI is InChI=1S/C11H12O.C10H20O/c1-3-9-4-6-10(7-5-9)11(2)8-12-11;1-6-7-9(2,3)8-10(4,5)11/h3-7H,1,8H2,2H3;6,11H,1,7-8H2,2-5H3. The highest BCUT2D eigenvalue weighted by molar-refractivity contribution is 5.48. The van der Waals surface area contributed by atoms with Crippen LogP contribution >= 0.6 is 0 Å². The fourth-order valence-electron chi connectivity index (χ4n) is 2.88. The van der Waals surface area contributed by atoms with E-state index in [1.807, 2.05) is 26.0 Å². The maximum absolute atomic E-state index is 9.55. The first-order valence-corrected chi connectivity index (χ1v) is 8.22. The van der Waals surface area contributed by atoms with Crippen LogP contribution in [-0.2, 0) is 10.3 Å². The van der Waals surface area contributed by atoms with Gasteiger partial charge in [0, 0.05) is 0 Å². The molecule has 0 radical (unpaired) electrons. The van der Waals surface area contributed by atoms with E-state index in [0.717, 1.165) is 25.0 Å². The molecule has 1 atom stereocenters. The first kappa shape index (κ1) is 19.7. The molecule has 1 aliphatic heterocycles. The molecule has 0 aliphatic carbocycles. The van der Waals surface area contributed by atoms with E-state index >= 15 is 0 Å². The number of hydrogen-bond donors (Lipinski definition) is 1. The average molecular weight is 316 g/mol. The van der Waals surface area contributed by atoms with Gasteiger partial charge in [-0.25, -0.2) is 0 Å². The Balaban J connectivity index is 0.000000232. The van der Waals surface area contributed by atoms with Crippen molar-refractivity contribution in [3.8, 4) is 0 Å². The molecule has 1 aromatic rings. The van der Waals surface area contributed by atoms with Gasteiger partial charge >= 0.3 is 0 Å². The third-order valence-electron chi connectivity index (χ3n) is 3.94. The van der Waals surface area contributed by atoms with E-state index in [4.69, 9.17) is 4.74 Å². The van der Waals surface area contributed by atoms with Crippen LogP contribution < -0.4 is 0 Å². The average Bonchev–Trinajstić information content (AvgIpc) is 3.16. The first-order valence-electron chi connectivity index (χ1n) is 8.22. The molecule has 1 saturated heterocycles. The van der Waals surface area contributed by atoms with E-state index in [1.165, 1.54) is 5.56 Å². The fraction of sp³-hybridized carbons (Fsp3) is 0.524. The largest absolute Gasteiger partial charge is 0.390 e. The molecule has 1 N–H and O–H groups in total. The highest BCUT2D eigenvalue weighted by Gasteiger charge is 2.40. The first-order chi connectivity index (χ1) is 10.5. The van der Waals surface area contributed by atoms with E-state index in [9.17, 15) is 5.11 Å². The van der Waals surface area contributed by atoms with Gasteiger partial charge in [0.25, 0.3) is 0 Å². The lowest BCUT2D eigenvalue weighted by Gasteiger charge is -2.30. The number of rotatable bonds is 6. The predicted octanol–water partition coefficient (Wildman–Crippen LogP) is 5.32. The van der Waals surface area contributed by atoms with Crippen molar-refractivity contribution in [2.75, 3.05) is 6.61 Å². The van der Waals surface area contributed by atoms with Crippen LogP contribution in [0, 0.1) is 5.41 Å². The van der Waals surface area contributed by atoms with Crippen molar-refractivity contribution in [1.29, 1.82) is 0 Å². The van der Waals surface area contributed by atoms with Crippen molar-refractivity contribution >= 4 is 6.08 Å². The summed E-state index contributed by atoms with van der Waals surface area (Å²) < 4.78 is 5.33. The van der Waals surface area contributed by atoms with Gasteiger partial charge in [0.05, 0.1) is 12.2 Å². The van der Waals surface area contributed by atoms with Crippen molar-refractivity contribution in [1.82, 2.24) is 0 Å². The third kappa shape index (κ3) is 7.15. The molecule has 2 heteroatoms. The van der Waals surface area contributed by atoms with Gasteiger partial charge in [0.1, 0.15) is 5.60 Å². The van der Waals surface area contributed by atoms with Crippen LogP contribution in [0.2, 0.25) is 0 Å². The SMILES string of the molecule is C=CCC(C)(C)CC(C)(C)O.C=Cc1ccc(C2(C)CO2)cc1. The molecule has 2 rings (SSSR count). The maximum atomic E-state index is 9.55. The van der Waals surface area contributed by atoms with E-state index in [1.54, 1.807) is 0 Å². The van der Waals surface area contributed by atoms with E-state index in [2.05, 4.69) is 58.2 Å². The van der Waals surface area contributed by atoms with Crippen molar-refractivity contribution in [3.05, 3.63) is 54.6 Å². The Labute approximate surface area is 141 Å². The Morgan fingerprint density at radius 3 is 2.04 bits per heavy atom. The van der Waals surface area contributed by atoms with Gasteiger partial charge in [-0.1, -0.05) is 56.8 Å². The highest BCUT2D eigenvalue weighted by Crippen LogP contribution is 2.37. The molecule has 0 aromatic heterocycles. The molecule has 1 aromatic carbocycles. The molecular weight excluding hydrogens is 284 g/mol. The molecular formula is C21H32O2. The second-order valence-corrected chi connectivity index (χ2v) is 7.99. The summed E-state index contributed by atoms with van der Waals surface area (Å²) in [5.41, 5.74) is 2.02. The van der Waals surface area contributed by atoms with Crippen LogP contribution in [0.3, 0.4) is 0 Å². The second-order valence-electron chi connectivity index (χ2n) is 7.99. The molecule has 0 spiro atoms. The number of epoxide rings is 1.